The maximum atomic E-state index is 11.9. The Bertz CT molecular complexity index is 664. The lowest BCUT2D eigenvalue weighted by Crippen LogP contribution is -2.30. The van der Waals surface area contributed by atoms with Gasteiger partial charge in [0.2, 0.25) is 0 Å². The molecule has 0 spiro atoms. The fourth-order valence-electron chi connectivity index (χ4n) is 5.36. The van der Waals surface area contributed by atoms with Crippen molar-refractivity contribution in [3.05, 3.63) is 36.5 Å². The van der Waals surface area contributed by atoms with Crippen LogP contribution in [0.15, 0.2) is 36.5 Å². The smallest absolute Gasteiger partial charge is 0.307 e. The molecule has 0 amide bonds. The Morgan fingerprint density at radius 1 is 0.475 bits per heavy atom. The van der Waals surface area contributed by atoms with Gasteiger partial charge in [0, 0.05) is 0 Å². The Kier molecular flexibility index (Phi) is 28.7. The standard InChI is InChI=1S/C36H64O4/c1-3-5-7-9-11-13-15-17-19-21-23-25-27-29-31-33(35(37)38)34(36(39)40)32-30-28-26-24-22-20-18-16-14-12-10-8-6-4-2/h5,7,11,13,17,19,33-34H,3-4,6,8-10,12,14-16,18,20-32H2,1-2H3,(H,37,38)(H,39,40)/b7-5-,13-11-,19-17-. The summed E-state index contributed by atoms with van der Waals surface area (Å²) in [5.41, 5.74) is 0. The highest BCUT2D eigenvalue weighted by atomic mass is 16.4. The molecule has 0 rings (SSSR count). The van der Waals surface area contributed by atoms with Crippen molar-refractivity contribution in [2.75, 3.05) is 0 Å². The molecule has 4 nitrogen and oxygen atoms in total. The van der Waals surface area contributed by atoms with E-state index in [4.69, 9.17) is 0 Å². The second kappa shape index (κ2) is 30.1. The molecule has 2 atom stereocenters. The highest BCUT2D eigenvalue weighted by Gasteiger charge is 2.32. The van der Waals surface area contributed by atoms with E-state index in [-0.39, 0.29) is 0 Å². The molecule has 2 unspecified atom stereocenters. The van der Waals surface area contributed by atoms with Crippen LogP contribution >= 0.6 is 0 Å². The first-order valence-corrected chi connectivity index (χ1v) is 16.9. The van der Waals surface area contributed by atoms with E-state index < -0.39 is 23.8 Å². The van der Waals surface area contributed by atoms with E-state index in [2.05, 4.69) is 50.3 Å². The van der Waals surface area contributed by atoms with Gasteiger partial charge in [0.25, 0.3) is 0 Å². The van der Waals surface area contributed by atoms with E-state index in [1.807, 2.05) is 0 Å². The summed E-state index contributed by atoms with van der Waals surface area (Å²) in [7, 11) is 0. The third-order valence-corrected chi connectivity index (χ3v) is 7.90. The van der Waals surface area contributed by atoms with Crippen molar-refractivity contribution in [2.24, 2.45) is 11.8 Å². The lowest BCUT2D eigenvalue weighted by atomic mass is 9.84. The van der Waals surface area contributed by atoms with E-state index >= 15 is 0 Å². The number of rotatable bonds is 30. The first-order chi connectivity index (χ1) is 19.5. The molecule has 0 fully saturated rings. The lowest BCUT2D eigenvalue weighted by Gasteiger charge is -2.20. The third-order valence-electron chi connectivity index (χ3n) is 7.90. The van der Waals surface area contributed by atoms with Crippen molar-refractivity contribution in [3.8, 4) is 0 Å². The van der Waals surface area contributed by atoms with E-state index in [9.17, 15) is 19.8 Å². The average molecular weight is 561 g/mol. The Balaban J connectivity index is 3.93. The van der Waals surface area contributed by atoms with Crippen LogP contribution in [-0.4, -0.2) is 22.2 Å². The Morgan fingerprint density at radius 3 is 1.23 bits per heavy atom. The van der Waals surface area contributed by atoms with Crippen molar-refractivity contribution in [1.82, 2.24) is 0 Å². The van der Waals surface area contributed by atoms with Gasteiger partial charge >= 0.3 is 11.9 Å². The van der Waals surface area contributed by atoms with Crippen LogP contribution in [0.1, 0.15) is 168 Å². The van der Waals surface area contributed by atoms with Gasteiger partial charge in [-0.1, -0.05) is 159 Å². The number of hydrogen-bond donors (Lipinski definition) is 2. The zero-order valence-electron chi connectivity index (χ0n) is 26.3. The van der Waals surface area contributed by atoms with E-state index in [0.29, 0.717) is 12.8 Å². The molecule has 0 aromatic heterocycles. The number of hydrogen-bond acceptors (Lipinski definition) is 2. The Hall–Kier alpha value is -1.84. The molecule has 0 heterocycles. The molecule has 0 aromatic rings. The van der Waals surface area contributed by atoms with E-state index in [0.717, 1.165) is 70.6 Å². The number of carbonyl (C=O) groups is 2. The van der Waals surface area contributed by atoms with Gasteiger partial charge < -0.3 is 10.2 Å². The van der Waals surface area contributed by atoms with Crippen LogP contribution in [0.4, 0.5) is 0 Å². The molecule has 40 heavy (non-hydrogen) atoms. The highest BCUT2D eigenvalue weighted by Crippen LogP contribution is 2.26. The minimum Gasteiger partial charge on any atom is -0.481 e. The fourth-order valence-corrected chi connectivity index (χ4v) is 5.36. The zero-order chi connectivity index (χ0) is 29.5. The molecule has 232 valence electrons. The predicted molar refractivity (Wildman–Crippen MR) is 172 cm³/mol. The van der Waals surface area contributed by atoms with Crippen molar-refractivity contribution in [1.29, 1.82) is 0 Å². The maximum Gasteiger partial charge on any atom is 0.307 e. The van der Waals surface area contributed by atoms with Gasteiger partial charge in [-0.05, 0) is 44.9 Å². The maximum absolute atomic E-state index is 11.9. The molecule has 0 aliphatic carbocycles. The van der Waals surface area contributed by atoms with Crippen LogP contribution < -0.4 is 0 Å². The largest absolute Gasteiger partial charge is 0.481 e. The van der Waals surface area contributed by atoms with Gasteiger partial charge in [-0.15, -0.1) is 0 Å². The summed E-state index contributed by atoms with van der Waals surface area (Å²) < 4.78 is 0. The quantitative estimate of drug-likeness (QED) is 0.0676. The summed E-state index contributed by atoms with van der Waals surface area (Å²) in [6, 6.07) is 0. The summed E-state index contributed by atoms with van der Waals surface area (Å²) in [6.07, 6.45) is 39.8. The SMILES string of the molecule is CC/C=C\C/C=C\C/C=C\CCCCCCC(C(=O)O)C(CCCCCCCCCCCCCCCC)C(=O)O. The molecule has 4 heteroatoms. The zero-order valence-corrected chi connectivity index (χ0v) is 26.3. The summed E-state index contributed by atoms with van der Waals surface area (Å²) in [5.74, 6) is -3.41. The van der Waals surface area contributed by atoms with Crippen LogP contribution in [0.5, 0.6) is 0 Å². The first kappa shape index (κ1) is 38.2. The third kappa shape index (κ3) is 25.1. The molecule has 0 aromatic carbocycles. The van der Waals surface area contributed by atoms with E-state index in [1.54, 1.807) is 0 Å². The molecule has 2 N–H and O–H groups in total. The minimum absolute atomic E-state index is 0.470. The monoisotopic (exact) mass is 560 g/mol. The van der Waals surface area contributed by atoms with Crippen LogP contribution in [-0.2, 0) is 9.59 Å². The molecule has 0 aliphatic rings. The number of carboxylic acids is 2. The number of carboxylic acid groups (broad SMARTS) is 2. The number of aliphatic carboxylic acids is 2. The van der Waals surface area contributed by atoms with Crippen molar-refractivity contribution >= 4 is 11.9 Å². The Morgan fingerprint density at radius 2 is 0.825 bits per heavy atom. The minimum atomic E-state index is -0.945. The van der Waals surface area contributed by atoms with Gasteiger partial charge in [-0.25, -0.2) is 0 Å². The van der Waals surface area contributed by atoms with Crippen LogP contribution in [0.3, 0.4) is 0 Å². The molecular weight excluding hydrogens is 496 g/mol. The Labute approximate surface area is 247 Å². The molecule has 0 radical (unpaired) electrons. The van der Waals surface area contributed by atoms with Crippen molar-refractivity contribution in [3.63, 3.8) is 0 Å². The van der Waals surface area contributed by atoms with Gasteiger partial charge in [0.1, 0.15) is 0 Å². The first-order valence-electron chi connectivity index (χ1n) is 16.9. The molecule has 0 saturated carbocycles. The number of allylic oxidation sites excluding steroid dienone is 6. The second-order valence-electron chi connectivity index (χ2n) is 11.6. The molecule has 0 bridgehead atoms. The van der Waals surface area contributed by atoms with Crippen LogP contribution in [0.25, 0.3) is 0 Å². The van der Waals surface area contributed by atoms with Gasteiger partial charge in [0.15, 0.2) is 0 Å². The lowest BCUT2D eigenvalue weighted by molar-refractivity contribution is -0.154. The topological polar surface area (TPSA) is 74.6 Å². The fraction of sp³-hybridized carbons (Fsp3) is 0.778. The second-order valence-corrected chi connectivity index (χ2v) is 11.6. The van der Waals surface area contributed by atoms with Gasteiger partial charge in [0.05, 0.1) is 11.8 Å². The van der Waals surface area contributed by atoms with Crippen molar-refractivity contribution < 1.29 is 19.8 Å². The van der Waals surface area contributed by atoms with Gasteiger partial charge in [-0.2, -0.15) is 0 Å². The average Bonchev–Trinajstić information content (AvgIpc) is 2.93. The summed E-state index contributed by atoms with van der Waals surface area (Å²) in [6.45, 7) is 4.40. The molecule has 0 aliphatic heterocycles. The summed E-state index contributed by atoms with van der Waals surface area (Å²) >= 11 is 0. The van der Waals surface area contributed by atoms with Crippen LogP contribution in [0.2, 0.25) is 0 Å². The molecule has 0 saturated heterocycles. The molecular formula is C36H64O4. The summed E-state index contributed by atoms with van der Waals surface area (Å²) in [4.78, 5) is 23.8. The van der Waals surface area contributed by atoms with Crippen LogP contribution in [0, 0.1) is 11.8 Å². The highest BCUT2D eigenvalue weighted by molar-refractivity contribution is 5.79. The normalized spacial score (nSPS) is 13.6. The summed E-state index contributed by atoms with van der Waals surface area (Å²) in [5, 5.41) is 19.5. The van der Waals surface area contributed by atoms with Crippen molar-refractivity contribution in [2.45, 2.75) is 168 Å². The predicted octanol–water partition coefficient (Wildman–Crippen LogP) is 11.5. The van der Waals surface area contributed by atoms with E-state index in [1.165, 1.54) is 70.6 Å². The van der Waals surface area contributed by atoms with Gasteiger partial charge in [-0.3, -0.25) is 9.59 Å². The number of unbranched alkanes of at least 4 members (excludes halogenated alkanes) is 17.